The van der Waals surface area contributed by atoms with Gasteiger partial charge in [-0.05, 0) is 60.6 Å². The first-order valence-electron chi connectivity index (χ1n) is 12.2. The number of rotatable bonds is 10. The summed E-state index contributed by atoms with van der Waals surface area (Å²) in [5.74, 6) is -0.845. The second kappa shape index (κ2) is 11.6. The molecule has 2 heterocycles. The monoisotopic (exact) mass is 485 g/mol. The van der Waals surface area contributed by atoms with E-state index in [1.54, 1.807) is 53.7 Å². The molecule has 4 rings (SSSR count). The van der Waals surface area contributed by atoms with E-state index in [-0.39, 0.29) is 11.3 Å². The van der Waals surface area contributed by atoms with Gasteiger partial charge in [0.25, 0.3) is 11.7 Å². The number of amides is 1. The number of aliphatic hydroxyl groups is 1. The molecule has 186 valence electrons. The Bertz CT molecular complexity index is 1210. The standard InChI is InChI=1S/C29H31N3O4/c1-3-31(4-2)18-19-32-26(22-14-16-30-17-15-22)25(28(34)29(32)35)27(33)23-10-12-24(13-11-23)36-20-21-8-6-5-7-9-21/h5-17,26,33H,3-4,18-20H2,1-2H3/t26-/m0/s1. The minimum atomic E-state index is -0.683. The number of ketones is 1. The first kappa shape index (κ1) is 25.1. The topological polar surface area (TPSA) is 83.0 Å². The number of aliphatic hydroxyl groups excluding tert-OH is 1. The van der Waals surface area contributed by atoms with E-state index in [1.165, 1.54) is 0 Å². The Hall–Kier alpha value is -3.97. The van der Waals surface area contributed by atoms with Crippen LogP contribution in [-0.2, 0) is 16.2 Å². The Kier molecular flexibility index (Phi) is 8.13. The van der Waals surface area contributed by atoms with Crippen molar-refractivity contribution in [2.75, 3.05) is 26.2 Å². The van der Waals surface area contributed by atoms with Crippen LogP contribution in [0.25, 0.3) is 5.76 Å². The lowest BCUT2D eigenvalue weighted by atomic mass is 9.96. The molecule has 0 radical (unpaired) electrons. The van der Waals surface area contributed by atoms with Gasteiger partial charge in [0.15, 0.2) is 0 Å². The maximum absolute atomic E-state index is 13.2. The third-order valence-electron chi connectivity index (χ3n) is 6.49. The van der Waals surface area contributed by atoms with Gasteiger partial charge >= 0.3 is 0 Å². The highest BCUT2D eigenvalue weighted by molar-refractivity contribution is 6.46. The van der Waals surface area contributed by atoms with E-state index in [0.717, 1.165) is 24.2 Å². The van der Waals surface area contributed by atoms with Crippen LogP contribution in [-0.4, -0.2) is 57.8 Å². The fourth-order valence-corrected chi connectivity index (χ4v) is 4.40. The van der Waals surface area contributed by atoms with Crippen LogP contribution in [0.3, 0.4) is 0 Å². The van der Waals surface area contributed by atoms with Crippen LogP contribution in [0.5, 0.6) is 5.75 Å². The molecule has 0 bridgehead atoms. The fourth-order valence-electron chi connectivity index (χ4n) is 4.40. The molecule has 1 amide bonds. The van der Waals surface area contributed by atoms with Gasteiger partial charge in [0.05, 0.1) is 11.6 Å². The summed E-state index contributed by atoms with van der Waals surface area (Å²) in [6, 6.07) is 19.6. The van der Waals surface area contributed by atoms with Crippen molar-refractivity contribution in [3.05, 3.63) is 101 Å². The highest BCUT2D eigenvalue weighted by atomic mass is 16.5. The minimum absolute atomic E-state index is 0.0868. The summed E-state index contributed by atoms with van der Waals surface area (Å²) < 4.78 is 5.83. The zero-order valence-electron chi connectivity index (χ0n) is 20.6. The zero-order valence-corrected chi connectivity index (χ0v) is 20.6. The van der Waals surface area contributed by atoms with Gasteiger partial charge in [0.1, 0.15) is 18.1 Å². The van der Waals surface area contributed by atoms with Crippen molar-refractivity contribution in [2.45, 2.75) is 26.5 Å². The Balaban J connectivity index is 1.62. The Labute approximate surface area is 211 Å². The molecule has 1 fully saturated rings. The third kappa shape index (κ3) is 5.47. The second-order valence-electron chi connectivity index (χ2n) is 8.60. The van der Waals surface area contributed by atoms with Gasteiger partial charge in [-0.15, -0.1) is 0 Å². The van der Waals surface area contributed by atoms with Gasteiger partial charge in [0, 0.05) is 31.0 Å². The lowest BCUT2D eigenvalue weighted by Gasteiger charge is -2.28. The second-order valence-corrected chi connectivity index (χ2v) is 8.60. The van der Waals surface area contributed by atoms with Crippen molar-refractivity contribution >= 4 is 17.4 Å². The molecular formula is C29H31N3O4. The first-order chi connectivity index (χ1) is 17.5. The van der Waals surface area contributed by atoms with Gasteiger partial charge in [0.2, 0.25) is 0 Å². The molecule has 7 nitrogen and oxygen atoms in total. The number of hydrogen-bond donors (Lipinski definition) is 1. The van der Waals surface area contributed by atoms with Crippen LogP contribution in [0.15, 0.2) is 84.7 Å². The molecule has 1 aliphatic rings. The van der Waals surface area contributed by atoms with Crippen LogP contribution in [0.4, 0.5) is 0 Å². The van der Waals surface area contributed by atoms with Gasteiger partial charge in [-0.3, -0.25) is 14.6 Å². The van der Waals surface area contributed by atoms with Gasteiger partial charge in [-0.2, -0.15) is 0 Å². The fraction of sp³-hybridized carbons (Fsp3) is 0.276. The van der Waals surface area contributed by atoms with E-state index in [4.69, 9.17) is 4.74 Å². The molecule has 0 unspecified atom stereocenters. The number of carbonyl (C=O) groups is 2. The first-order valence-corrected chi connectivity index (χ1v) is 12.2. The summed E-state index contributed by atoms with van der Waals surface area (Å²) in [5.41, 5.74) is 2.31. The summed E-state index contributed by atoms with van der Waals surface area (Å²) in [4.78, 5) is 34.1. The third-order valence-corrected chi connectivity index (χ3v) is 6.49. The van der Waals surface area contributed by atoms with Crippen LogP contribution in [0.1, 0.15) is 36.6 Å². The van der Waals surface area contributed by atoms with E-state index in [0.29, 0.717) is 31.0 Å². The van der Waals surface area contributed by atoms with Crippen LogP contribution >= 0.6 is 0 Å². The van der Waals surface area contributed by atoms with Crippen LogP contribution in [0.2, 0.25) is 0 Å². The largest absolute Gasteiger partial charge is 0.507 e. The van der Waals surface area contributed by atoms with E-state index in [9.17, 15) is 14.7 Å². The average molecular weight is 486 g/mol. The molecular weight excluding hydrogens is 454 g/mol. The van der Waals surface area contributed by atoms with Crippen molar-refractivity contribution in [2.24, 2.45) is 0 Å². The van der Waals surface area contributed by atoms with Crippen molar-refractivity contribution in [3.63, 3.8) is 0 Å². The molecule has 1 saturated heterocycles. The quantitative estimate of drug-likeness (QED) is 0.260. The Morgan fingerprint density at radius 2 is 1.64 bits per heavy atom. The smallest absolute Gasteiger partial charge is 0.295 e. The number of nitrogens with zero attached hydrogens (tertiary/aromatic N) is 3. The molecule has 36 heavy (non-hydrogen) atoms. The average Bonchev–Trinajstić information content (AvgIpc) is 3.18. The number of Topliss-reactive ketones (excluding diaryl/α,β-unsaturated/α-hetero) is 1. The highest BCUT2D eigenvalue weighted by Gasteiger charge is 2.45. The lowest BCUT2D eigenvalue weighted by molar-refractivity contribution is -0.140. The number of benzene rings is 2. The number of pyridine rings is 1. The Morgan fingerprint density at radius 1 is 0.972 bits per heavy atom. The Morgan fingerprint density at radius 3 is 2.28 bits per heavy atom. The molecule has 7 heteroatoms. The molecule has 0 spiro atoms. The lowest BCUT2D eigenvalue weighted by Crippen LogP contribution is -2.38. The number of likely N-dealkylation sites (tertiary alicyclic amines) is 1. The molecule has 3 aromatic rings. The predicted molar refractivity (Wildman–Crippen MR) is 138 cm³/mol. The zero-order chi connectivity index (χ0) is 25.5. The maximum Gasteiger partial charge on any atom is 0.295 e. The molecule has 1 aromatic heterocycles. The number of aromatic nitrogens is 1. The number of hydrogen-bond acceptors (Lipinski definition) is 6. The molecule has 1 aliphatic heterocycles. The van der Waals surface area contributed by atoms with E-state index < -0.39 is 17.7 Å². The predicted octanol–water partition coefficient (Wildman–Crippen LogP) is 4.42. The number of ether oxygens (including phenoxy) is 1. The number of likely N-dealkylation sites (N-methyl/N-ethyl adjacent to an activating group) is 1. The SMILES string of the molecule is CCN(CC)CCN1C(=O)C(=O)C(=C(O)c2ccc(OCc3ccccc3)cc2)[C@@H]1c1ccncc1. The van der Waals surface area contributed by atoms with Crippen LogP contribution < -0.4 is 4.74 Å². The molecule has 0 aliphatic carbocycles. The van der Waals surface area contributed by atoms with Crippen molar-refractivity contribution in [1.82, 2.24) is 14.8 Å². The normalized spacial score (nSPS) is 17.1. The molecule has 2 aromatic carbocycles. The van der Waals surface area contributed by atoms with E-state index in [2.05, 4.69) is 23.7 Å². The molecule has 0 saturated carbocycles. The van der Waals surface area contributed by atoms with E-state index in [1.807, 2.05) is 30.3 Å². The highest BCUT2D eigenvalue weighted by Crippen LogP contribution is 2.39. The summed E-state index contributed by atoms with van der Waals surface area (Å²) in [5, 5.41) is 11.2. The summed E-state index contributed by atoms with van der Waals surface area (Å²) in [7, 11) is 0. The summed E-state index contributed by atoms with van der Waals surface area (Å²) in [6.45, 7) is 7.25. The minimum Gasteiger partial charge on any atom is -0.507 e. The molecule has 1 atom stereocenters. The summed E-state index contributed by atoms with van der Waals surface area (Å²) >= 11 is 0. The summed E-state index contributed by atoms with van der Waals surface area (Å²) in [6.07, 6.45) is 3.25. The van der Waals surface area contributed by atoms with Gasteiger partial charge < -0.3 is 19.6 Å². The molecule has 1 N–H and O–H groups in total. The van der Waals surface area contributed by atoms with Gasteiger partial charge in [-0.1, -0.05) is 44.2 Å². The number of carbonyl (C=O) groups excluding carboxylic acids is 2. The maximum atomic E-state index is 13.2. The van der Waals surface area contributed by atoms with Crippen molar-refractivity contribution in [1.29, 1.82) is 0 Å². The van der Waals surface area contributed by atoms with Crippen LogP contribution in [0, 0.1) is 0 Å². The van der Waals surface area contributed by atoms with Crippen molar-refractivity contribution < 1.29 is 19.4 Å². The van der Waals surface area contributed by atoms with Gasteiger partial charge in [-0.25, -0.2) is 0 Å². The van der Waals surface area contributed by atoms with E-state index >= 15 is 0 Å². The van der Waals surface area contributed by atoms with Crippen molar-refractivity contribution in [3.8, 4) is 5.75 Å².